The van der Waals surface area contributed by atoms with Gasteiger partial charge in [0.2, 0.25) is 11.8 Å². The second-order valence-corrected chi connectivity index (χ2v) is 7.07. The van der Waals surface area contributed by atoms with E-state index >= 15 is 0 Å². The number of carbonyl (C=O) groups excluding carboxylic acids is 2. The lowest BCUT2D eigenvalue weighted by Crippen LogP contribution is -2.48. The number of hydrogen-bond donors (Lipinski definition) is 1. The van der Waals surface area contributed by atoms with E-state index in [1.54, 1.807) is 11.9 Å². The Hall–Kier alpha value is -1.92. The lowest BCUT2D eigenvalue weighted by atomic mass is 10.1. The van der Waals surface area contributed by atoms with Crippen LogP contribution in [0.15, 0.2) is 30.3 Å². The van der Waals surface area contributed by atoms with Gasteiger partial charge in [0.25, 0.3) is 0 Å². The summed E-state index contributed by atoms with van der Waals surface area (Å²) in [7, 11) is 1.75. The van der Waals surface area contributed by atoms with Gasteiger partial charge in [-0.3, -0.25) is 19.4 Å². The number of likely N-dealkylation sites (tertiary alicyclic amines) is 1. The number of nitrogens with one attached hydrogen (secondary N) is 1. The fourth-order valence-corrected chi connectivity index (χ4v) is 3.53. The maximum atomic E-state index is 12.1. The molecule has 2 fully saturated rings. The topological polar surface area (TPSA) is 55.9 Å². The fourth-order valence-electron chi connectivity index (χ4n) is 3.53. The van der Waals surface area contributed by atoms with Gasteiger partial charge in [-0.2, -0.15) is 0 Å². The summed E-state index contributed by atoms with van der Waals surface area (Å²) >= 11 is 0. The van der Waals surface area contributed by atoms with Crippen molar-refractivity contribution >= 4 is 11.8 Å². The molecule has 1 N–H and O–H groups in total. The second-order valence-electron chi connectivity index (χ2n) is 7.07. The normalized spacial score (nSPS) is 22.4. The van der Waals surface area contributed by atoms with Gasteiger partial charge in [0.15, 0.2) is 0 Å². The van der Waals surface area contributed by atoms with Crippen LogP contribution in [0, 0.1) is 5.92 Å². The summed E-state index contributed by atoms with van der Waals surface area (Å²) in [6.45, 7) is 7.28. The molecule has 0 saturated carbocycles. The second kappa shape index (κ2) is 8.45. The highest BCUT2D eigenvalue weighted by Gasteiger charge is 2.31. The molecule has 136 valence electrons. The van der Waals surface area contributed by atoms with Crippen molar-refractivity contribution in [2.75, 3.05) is 52.9 Å². The zero-order chi connectivity index (χ0) is 17.6. The summed E-state index contributed by atoms with van der Waals surface area (Å²) in [5, 5.41) is 2.99. The molecule has 25 heavy (non-hydrogen) atoms. The maximum absolute atomic E-state index is 12.1. The Kier molecular flexibility index (Phi) is 6.04. The minimum atomic E-state index is -0.180. The van der Waals surface area contributed by atoms with Gasteiger partial charge in [-0.25, -0.2) is 0 Å². The number of piperazine rings is 1. The molecular formula is C19H28N4O2. The molecule has 6 heteroatoms. The molecule has 2 heterocycles. The smallest absolute Gasteiger partial charge is 0.225 e. The molecule has 1 aromatic carbocycles. The van der Waals surface area contributed by atoms with E-state index in [2.05, 4.69) is 45.4 Å². The minimum absolute atomic E-state index is 0.0143. The van der Waals surface area contributed by atoms with Crippen LogP contribution in [0.2, 0.25) is 0 Å². The van der Waals surface area contributed by atoms with E-state index in [4.69, 9.17) is 0 Å². The summed E-state index contributed by atoms with van der Waals surface area (Å²) in [6.07, 6.45) is 0.348. The fraction of sp³-hybridized carbons (Fsp3) is 0.579. The summed E-state index contributed by atoms with van der Waals surface area (Å²) < 4.78 is 0. The van der Waals surface area contributed by atoms with Crippen molar-refractivity contribution in [2.45, 2.75) is 13.0 Å². The van der Waals surface area contributed by atoms with Crippen LogP contribution in [0.25, 0.3) is 0 Å². The number of nitrogens with zero attached hydrogens (tertiary/aromatic N) is 3. The van der Waals surface area contributed by atoms with Gasteiger partial charge in [-0.1, -0.05) is 30.3 Å². The molecule has 0 bridgehead atoms. The first-order valence-electron chi connectivity index (χ1n) is 9.12. The van der Waals surface area contributed by atoms with E-state index in [1.807, 2.05) is 0 Å². The molecule has 1 atom stereocenters. The van der Waals surface area contributed by atoms with Gasteiger partial charge in [0.1, 0.15) is 0 Å². The monoisotopic (exact) mass is 344 g/mol. The van der Waals surface area contributed by atoms with Crippen molar-refractivity contribution in [2.24, 2.45) is 5.92 Å². The number of hydrogen-bond acceptors (Lipinski definition) is 4. The van der Waals surface area contributed by atoms with E-state index in [-0.39, 0.29) is 17.7 Å². The summed E-state index contributed by atoms with van der Waals surface area (Å²) in [5.41, 5.74) is 1.36. The van der Waals surface area contributed by atoms with Crippen LogP contribution in [0.4, 0.5) is 0 Å². The Labute approximate surface area is 149 Å². The van der Waals surface area contributed by atoms with E-state index < -0.39 is 0 Å². The average molecular weight is 344 g/mol. The van der Waals surface area contributed by atoms with Gasteiger partial charge < -0.3 is 10.2 Å². The molecule has 2 aliphatic rings. The lowest BCUT2D eigenvalue weighted by molar-refractivity contribution is -0.128. The van der Waals surface area contributed by atoms with Gasteiger partial charge in [0.05, 0.1) is 5.92 Å². The van der Waals surface area contributed by atoms with E-state index in [0.29, 0.717) is 19.5 Å². The van der Waals surface area contributed by atoms with E-state index in [1.165, 1.54) is 5.56 Å². The largest absolute Gasteiger partial charge is 0.355 e. The molecular weight excluding hydrogens is 316 g/mol. The molecule has 6 nitrogen and oxygen atoms in total. The third-order valence-electron chi connectivity index (χ3n) is 5.15. The SMILES string of the molecule is CN1C[C@H](C(=O)NCCN2CCN(Cc3ccccc3)CC2)CC1=O. The summed E-state index contributed by atoms with van der Waals surface area (Å²) in [5.74, 6) is -0.102. The van der Waals surface area contributed by atoms with Gasteiger partial charge in [-0.15, -0.1) is 0 Å². The zero-order valence-corrected chi connectivity index (χ0v) is 15.0. The summed E-state index contributed by atoms with van der Waals surface area (Å²) in [4.78, 5) is 30.1. The molecule has 0 aliphatic carbocycles. The van der Waals surface area contributed by atoms with Crippen LogP contribution in [0.3, 0.4) is 0 Å². The molecule has 1 aromatic rings. The van der Waals surface area contributed by atoms with Gasteiger partial charge in [-0.05, 0) is 5.56 Å². The van der Waals surface area contributed by atoms with Gasteiger partial charge in [0, 0.05) is 65.8 Å². The molecule has 2 aliphatic heterocycles. The highest BCUT2D eigenvalue weighted by atomic mass is 16.2. The van der Waals surface area contributed by atoms with Crippen LogP contribution in [0.1, 0.15) is 12.0 Å². The minimum Gasteiger partial charge on any atom is -0.355 e. The van der Waals surface area contributed by atoms with Crippen molar-refractivity contribution in [1.29, 1.82) is 0 Å². The number of rotatable bonds is 6. The molecule has 0 unspecified atom stereocenters. The molecule has 2 amide bonds. The quantitative estimate of drug-likeness (QED) is 0.812. The first-order chi connectivity index (χ1) is 12.1. The average Bonchev–Trinajstić information content (AvgIpc) is 2.96. The van der Waals surface area contributed by atoms with Crippen molar-refractivity contribution < 1.29 is 9.59 Å². The van der Waals surface area contributed by atoms with E-state index in [0.717, 1.165) is 39.3 Å². The van der Waals surface area contributed by atoms with Crippen LogP contribution in [-0.2, 0) is 16.1 Å². The van der Waals surface area contributed by atoms with Crippen LogP contribution < -0.4 is 5.32 Å². The Balaban J connectivity index is 1.32. The lowest BCUT2D eigenvalue weighted by Gasteiger charge is -2.34. The Morgan fingerprint density at radius 2 is 1.80 bits per heavy atom. The molecule has 0 aromatic heterocycles. The predicted molar refractivity (Wildman–Crippen MR) is 96.9 cm³/mol. The van der Waals surface area contributed by atoms with Crippen molar-refractivity contribution in [3.8, 4) is 0 Å². The van der Waals surface area contributed by atoms with Crippen LogP contribution in [-0.4, -0.2) is 79.4 Å². The van der Waals surface area contributed by atoms with Crippen molar-refractivity contribution in [3.63, 3.8) is 0 Å². The molecule has 3 rings (SSSR count). The van der Waals surface area contributed by atoms with Crippen molar-refractivity contribution in [3.05, 3.63) is 35.9 Å². The number of benzene rings is 1. The third kappa shape index (κ3) is 5.03. The van der Waals surface area contributed by atoms with Gasteiger partial charge >= 0.3 is 0 Å². The van der Waals surface area contributed by atoms with Crippen LogP contribution in [0.5, 0.6) is 0 Å². The standard InChI is InChI=1S/C19H28N4O2/c1-21-15-17(13-18(21)24)19(25)20-7-8-22-9-11-23(12-10-22)14-16-5-3-2-4-6-16/h2-6,17H,7-15H2,1H3,(H,20,25)/t17-/m1/s1. The molecule has 0 radical (unpaired) electrons. The third-order valence-corrected chi connectivity index (χ3v) is 5.15. The maximum Gasteiger partial charge on any atom is 0.225 e. The first-order valence-corrected chi connectivity index (χ1v) is 9.12. The Morgan fingerprint density at radius 3 is 2.44 bits per heavy atom. The number of carbonyl (C=O) groups is 2. The zero-order valence-electron chi connectivity index (χ0n) is 15.0. The van der Waals surface area contributed by atoms with Crippen LogP contribution >= 0.6 is 0 Å². The highest BCUT2D eigenvalue weighted by Crippen LogP contribution is 2.15. The molecule has 2 saturated heterocycles. The summed E-state index contributed by atoms with van der Waals surface area (Å²) in [6, 6.07) is 10.6. The Morgan fingerprint density at radius 1 is 1.12 bits per heavy atom. The predicted octanol–water partition coefficient (Wildman–Crippen LogP) is 0.399. The first kappa shape index (κ1) is 17.9. The van der Waals surface area contributed by atoms with E-state index in [9.17, 15) is 9.59 Å². The Bertz CT molecular complexity index is 584. The number of amides is 2. The molecule has 0 spiro atoms. The van der Waals surface area contributed by atoms with Crippen molar-refractivity contribution in [1.82, 2.24) is 20.0 Å². The highest BCUT2D eigenvalue weighted by molar-refractivity contribution is 5.89.